The fourth-order valence-corrected chi connectivity index (χ4v) is 2.80. The van der Waals surface area contributed by atoms with Gasteiger partial charge in [-0.15, -0.1) is 0 Å². The molecule has 1 aliphatic heterocycles. The molecule has 1 aliphatic rings. The first-order valence-corrected chi connectivity index (χ1v) is 11.0. The van der Waals surface area contributed by atoms with E-state index in [1.165, 1.54) is 36.2 Å². The molecule has 11 nitrogen and oxygen atoms in total. The Morgan fingerprint density at radius 2 is 1.05 bits per heavy atom. The summed E-state index contributed by atoms with van der Waals surface area (Å²) in [4.78, 5) is 61.2. The number of carbonyl (C=O) groups is 6. The van der Waals surface area contributed by atoms with Crippen molar-refractivity contribution in [2.45, 2.75) is 47.5 Å². The second kappa shape index (κ2) is 20.0. The third kappa shape index (κ3) is 17.5. The standard InChI is InChI=1S/C9H9FO2.C8H7FO2.C5H7NO2.2C2H4O2.Pd/c1-5-3-7(10)4-6(2)8(5)9(11)12;1-5-4-6(9)2-3-7(5)8(10)11;1-6-4(7)2-3-5(6)8;2*1-2(3)4;/h3-4H,1-2H3,(H,11,12);2-4H,1H3,(H,10,11);2-3H2,1H3;2*1H3,(H,3,4);. The molecule has 1 heterocycles. The molecule has 40 heavy (non-hydrogen) atoms. The summed E-state index contributed by atoms with van der Waals surface area (Å²) in [5.41, 5.74) is 1.69. The van der Waals surface area contributed by atoms with Gasteiger partial charge in [0, 0.05) is 54.2 Å². The summed E-state index contributed by atoms with van der Waals surface area (Å²) in [6, 6.07) is 6.03. The first-order valence-electron chi connectivity index (χ1n) is 11.0. The molecule has 0 aromatic heterocycles. The van der Waals surface area contributed by atoms with Crippen LogP contribution >= 0.6 is 0 Å². The number of halogens is 2. The van der Waals surface area contributed by atoms with Gasteiger partial charge in [-0.1, -0.05) is 0 Å². The minimum absolute atomic E-state index is 0. The summed E-state index contributed by atoms with van der Waals surface area (Å²) in [7, 11) is 1.51. The van der Waals surface area contributed by atoms with Gasteiger partial charge in [0.15, 0.2) is 0 Å². The van der Waals surface area contributed by atoms with Crippen molar-refractivity contribution >= 4 is 35.7 Å². The molecular weight excluding hydrogens is 631 g/mol. The SMILES string of the molecule is CC(=O)O.CC(=O)O.CN1C(=O)CCC1=O.Cc1cc(F)cc(C)c1C(=O)O.Cc1cc(F)ccc1C(=O)O.[Pd]. The van der Waals surface area contributed by atoms with Crippen LogP contribution in [0.2, 0.25) is 0 Å². The first kappa shape index (κ1) is 40.5. The molecule has 0 spiro atoms. The number of carboxylic acids is 4. The number of hydrogen-bond donors (Lipinski definition) is 4. The van der Waals surface area contributed by atoms with E-state index in [0.29, 0.717) is 29.5 Å². The smallest absolute Gasteiger partial charge is 0.336 e. The van der Waals surface area contributed by atoms with E-state index < -0.39 is 35.5 Å². The predicted molar refractivity (Wildman–Crippen MR) is 135 cm³/mol. The van der Waals surface area contributed by atoms with Gasteiger partial charge in [0.25, 0.3) is 11.9 Å². The van der Waals surface area contributed by atoms with Gasteiger partial charge in [0.2, 0.25) is 11.8 Å². The molecule has 14 heteroatoms. The number of carboxylic acid groups (broad SMARTS) is 4. The van der Waals surface area contributed by atoms with Crippen LogP contribution in [-0.4, -0.2) is 68.1 Å². The van der Waals surface area contributed by atoms with Crippen LogP contribution in [0.5, 0.6) is 0 Å². The zero-order valence-corrected chi connectivity index (χ0v) is 24.1. The number of rotatable bonds is 2. The summed E-state index contributed by atoms with van der Waals surface area (Å²) in [6.45, 7) is 6.89. The van der Waals surface area contributed by atoms with Gasteiger partial charge in [-0.2, -0.15) is 0 Å². The summed E-state index contributed by atoms with van der Waals surface area (Å²) in [5, 5.41) is 32.1. The van der Waals surface area contributed by atoms with Gasteiger partial charge in [-0.3, -0.25) is 24.1 Å². The minimum atomic E-state index is -1.03. The molecule has 1 saturated heterocycles. The number of nitrogens with zero attached hydrogens (tertiary/aromatic N) is 1. The molecule has 4 N–H and O–H groups in total. The molecule has 224 valence electrons. The van der Waals surface area contributed by atoms with Crippen LogP contribution in [-0.2, 0) is 39.6 Å². The molecule has 0 aliphatic carbocycles. The number of carbonyl (C=O) groups excluding carboxylic acids is 2. The van der Waals surface area contributed by atoms with Gasteiger partial charge in [-0.25, -0.2) is 18.4 Å². The van der Waals surface area contributed by atoms with Gasteiger partial charge in [0.1, 0.15) is 11.6 Å². The summed E-state index contributed by atoms with van der Waals surface area (Å²) in [6.07, 6.45) is 0.796. The Labute approximate surface area is 243 Å². The molecule has 0 unspecified atom stereocenters. The van der Waals surface area contributed by atoms with Crippen molar-refractivity contribution in [3.8, 4) is 0 Å². The molecule has 1 fully saturated rings. The Hall–Kier alpha value is -4.02. The normalized spacial score (nSPS) is 10.9. The molecule has 2 amide bonds. The van der Waals surface area contributed by atoms with Crippen LogP contribution in [0.4, 0.5) is 8.78 Å². The van der Waals surface area contributed by atoms with Crippen molar-refractivity contribution in [1.29, 1.82) is 0 Å². The van der Waals surface area contributed by atoms with Crippen LogP contribution in [0.15, 0.2) is 30.3 Å². The molecular formula is C26H31F2NO10Pd. The predicted octanol–water partition coefficient (Wildman–Crippen LogP) is 3.92. The van der Waals surface area contributed by atoms with E-state index in [1.54, 1.807) is 20.8 Å². The van der Waals surface area contributed by atoms with E-state index in [0.717, 1.165) is 19.9 Å². The number of amides is 2. The molecule has 0 atom stereocenters. The van der Waals surface area contributed by atoms with E-state index in [2.05, 4.69) is 0 Å². The average molecular weight is 662 g/mol. The van der Waals surface area contributed by atoms with E-state index in [4.69, 9.17) is 30.0 Å². The van der Waals surface area contributed by atoms with Crippen molar-refractivity contribution < 1.29 is 78.4 Å². The number of likely N-dealkylation sites (tertiary alicyclic amines) is 1. The Bertz CT molecular complexity index is 1160. The summed E-state index contributed by atoms with van der Waals surface area (Å²) in [5.74, 6) is -4.62. The maximum Gasteiger partial charge on any atom is 0.336 e. The van der Waals surface area contributed by atoms with Crippen molar-refractivity contribution in [3.05, 3.63) is 69.8 Å². The first-order chi connectivity index (χ1) is 17.8. The molecule has 3 rings (SSSR count). The minimum Gasteiger partial charge on any atom is -0.481 e. The third-order valence-corrected chi connectivity index (χ3v) is 4.43. The van der Waals surface area contributed by atoms with Gasteiger partial charge in [0.05, 0.1) is 11.1 Å². The monoisotopic (exact) mass is 661 g/mol. The average Bonchev–Trinajstić information content (AvgIpc) is 3.03. The summed E-state index contributed by atoms with van der Waals surface area (Å²) >= 11 is 0. The Morgan fingerprint density at radius 3 is 1.30 bits per heavy atom. The number of aromatic carboxylic acids is 2. The Morgan fingerprint density at radius 1 is 0.700 bits per heavy atom. The van der Waals surface area contributed by atoms with E-state index in [9.17, 15) is 28.0 Å². The van der Waals surface area contributed by atoms with E-state index in [1.807, 2.05) is 0 Å². The number of imide groups is 1. The van der Waals surface area contributed by atoms with Crippen LogP contribution in [0.3, 0.4) is 0 Å². The second-order valence-corrected chi connectivity index (χ2v) is 7.87. The largest absolute Gasteiger partial charge is 0.481 e. The van der Waals surface area contributed by atoms with Crippen molar-refractivity contribution in [2.24, 2.45) is 0 Å². The Balaban J connectivity index is -0.000000453. The van der Waals surface area contributed by atoms with Crippen LogP contribution in [0, 0.1) is 32.4 Å². The molecule has 2 aromatic rings. The molecule has 0 bridgehead atoms. The number of benzene rings is 2. The Kier molecular flexibility index (Phi) is 20.2. The van der Waals surface area contributed by atoms with E-state index in [-0.39, 0.29) is 43.4 Å². The zero-order valence-electron chi connectivity index (χ0n) is 22.6. The van der Waals surface area contributed by atoms with Crippen molar-refractivity contribution in [3.63, 3.8) is 0 Å². The number of aliphatic carboxylic acids is 2. The second-order valence-electron chi connectivity index (χ2n) is 7.87. The third-order valence-electron chi connectivity index (χ3n) is 4.43. The van der Waals surface area contributed by atoms with E-state index >= 15 is 0 Å². The zero-order chi connectivity index (χ0) is 31.0. The maximum atomic E-state index is 12.7. The molecule has 2 aromatic carbocycles. The van der Waals surface area contributed by atoms with Gasteiger partial charge < -0.3 is 20.4 Å². The van der Waals surface area contributed by atoms with Crippen molar-refractivity contribution in [2.75, 3.05) is 7.05 Å². The topological polar surface area (TPSA) is 187 Å². The number of hydrogen-bond acceptors (Lipinski definition) is 6. The quantitative estimate of drug-likeness (QED) is 0.271. The van der Waals surface area contributed by atoms with Crippen LogP contribution in [0.1, 0.15) is 64.1 Å². The molecule has 0 radical (unpaired) electrons. The van der Waals surface area contributed by atoms with Crippen molar-refractivity contribution in [1.82, 2.24) is 4.90 Å². The number of aryl methyl sites for hydroxylation is 3. The van der Waals surface area contributed by atoms with Crippen LogP contribution < -0.4 is 0 Å². The summed E-state index contributed by atoms with van der Waals surface area (Å²) < 4.78 is 25.1. The molecule has 0 saturated carbocycles. The fourth-order valence-electron chi connectivity index (χ4n) is 2.80. The van der Waals surface area contributed by atoms with Gasteiger partial charge >= 0.3 is 11.9 Å². The van der Waals surface area contributed by atoms with Gasteiger partial charge in [-0.05, 0) is 67.8 Å². The van der Waals surface area contributed by atoms with Crippen LogP contribution in [0.25, 0.3) is 0 Å². The maximum absolute atomic E-state index is 12.7. The fraction of sp³-hybridized carbons (Fsp3) is 0.308.